The number of imidazole rings is 1. The molecule has 0 saturated carbocycles. The maximum absolute atomic E-state index is 10.7. The van der Waals surface area contributed by atoms with Gasteiger partial charge in [-0.15, -0.1) is 0 Å². The number of aryl methyl sites for hydroxylation is 1. The maximum atomic E-state index is 10.7. The zero-order valence-electron chi connectivity index (χ0n) is 6.58. The Bertz CT molecular complexity index is 306. The molecule has 4 heteroatoms. The molecule has 2 N–H and O–H groups in total. The summed E-state index contributed by atoms with van der Waals surface area (Å²) in [4.78, 5) is 17.7. The number of nitrogens with one attached hydrogen (secondary N) is 1. The predicted octanol–water partition coefficient (Wildman–Crippen LogP) is 0.599. The second-order valence-electron chi connectivity index (χ2n) is 3.11. The molecule has 0 saturated heterocycles. The molecule has 0 bridgehead atoms. The molecule has 64 valence electrons. The molecule has 0 radical (unpaired) electrons. The van der Waals surface area contributed by atoms with Gasteiger partial charge in [-0.05, 0) is 12.8 Å². The summed E-state index contributed by atoms with van der Waals surface area (Å²) in [5.41, 5.74) is 2.03. The zero-order valence-corrected chi connectivity index (χ0v) is 6.58. The van der Waals surface area contributed by atoms with Gasteiger partial charge >= 0.3 is 5.97 Å². The minimum absolute atomic E-state index is 0.224. The SMILES string of the molecule is O=C(O)[C@H]1CCc2nc[nH]c2C1. The Hall–Kier alpha value is -1.32. The van der Waals surface area contributed by atoms with Gasteiger partial charge in [0.1, 0.15) is 0 Å². The molecule has 1 atom stereocenters. The fraction of sp³-hybridized carbons (Fsp3) is 0.500. The molecule has 0 fully saturated rings. The highest BCUT2D eigenvalue weighted by Gasteiger charge is 2.25. The largest absolute Gasteiger partial charge is 0.481 e. The van der Waals surface area contributed by atoms with Crippen LogP contribution in [0.2, 0.25) is 0 Å². The molecule has 4 nitrogen and oxygen atoms in total. The number of nitrogens with zero attached hydrogens (tertiary/aromatic N) is 1. The van der Waals surface area contributed by atoms with Crippen LogP contribution in [-0.4, -0.2) is 21.0 Å². The second-order valence-corrected chi connectivity index (χ2v) is 3.11. The Balaban J connectivity index is 2.20. The van der Waals surface area contributed by atoms with Crippen molar-refractivity contribution in [1.29, 1.82) is 0 Å². The van der Waals surface area contributed by atoms with E-state index in [-0.39, 0.29) is 5.92 Å². The quantitative estimate of drug-likeness (QED) is 0.642. The van der Waals surface area contributed by atoms with E-state index >= 15 is 0 Å². The van der Waals surface area contributed by atoms with Crippen LogP contribution < -0.4 is 0 Å². The highest BCUT2D eigenvalue weighted by molar-refractivity contribution is 5.70. The van der Waals surface area contributed by atoms with Gasteiger partial charge in [-0.25, -0.2) is 4.98 Å². The molecule has 1 aromatic heterocycles. The smallest absolute Gasteiger partial charge is 0.306 e. The lowest BCUT2D eigenvalue weighted by molar-refractivity contribution is -0.142. The molecule has 0 unspecified atom stereocenters. The van der Waals surface area contributed by atoms with E-state index in [0.717, 1.165) is 17.8 Å². The standard InChI is InChI=1S/C8H10N2O2/c11-8(12)5-1-2-6-7(3-5)10-4-9-6/h4-5H,1-3H2,(H,9,10)(H,11,12)/t5-/m0/s1. The van der Waals surface area contributed by atoms with Crippen molar-refractivity contribution in [3.8, 4) is 0 Å². The number of hydrogen-bond donors (Lipinski definition) is 2. The van der Waals surface area contributed by atoms with E-state index in [4.69, 9.17) is 5.11 Å². The summed E-state index contributed by atoms with van der Waals surface area (Å²) in [5.74, 6) is -0.923. The second kappa shape index (κ2) is 2.62. The third kappa shape index (κ3) is 1.09. The molecule has 0 spiro atoms. The minimum atomic E-state index is -0.699. The van der Waals surface area contributed by atoms with Crippen LogP contribution >= 0.6 is 0 Å². The van der Waals surface area contributed by atoms with Gasteiger partial charge in [0.05, 0.1) is 17.9 Å². The Morgan fingerprint density at radius 2 is 2.58 bits per heavy atom. The van der Waals surface area contributed by atoms with E-state index in [1.807, 2.05) is 0 Å². The van der Waals surface area contributed by atoms with E-state index in [1.165, 1.54) is 0 Å². The molecule has 2 rings (SSSR count). The third-order valence-corrected chi connectivity index (χ3v) is 2.34. The number of carboxylic acid groups (broad SMARTS) is 1. The Morgan fingerprint density at radius 1 is 1.75 bits per heavy atom. The topological polar surface area (TPSA) is 66.0 Å². The Labute approximate surface area is 69.6 Å². The van der Waals surface area contributed by atoms with Gasteiger partial charge in [0.2, 0.25) is 0 Å². The van der Waals surface area contributed by atoms with Crippen molar-refractivity contribution in [2.24, 2.45) is 5.92 Å². The van der Waals surface area contributed by atoms with Crippen molar-refractivity contribution >= 4 is 5.97 Å². The summed E-state index contributed by atoms with van der Waals surface area (Å²) in [6, 6.07) is 0. The molecular weight excluding hydrogens is 156 g/mol. The number of hydrogen-bond acceptors (Lipinski definition) is 2. The molecule has 12 heavy (non-hydrogen) atoms. The van der Waals surface area contributed by atoms with Crippen LogP contribution in [0.1, 0.15) is 17.8 Å². The van der Waals surface area contributed by atoms with Crippen molar-refractivity contribution in [3.63, 3.8) is 0 Å². The van der Waals surface area contributed by atoms with Crippen molar-refractivity contribution in [3.05, 3.63) is 17.7 Å². The molecular formula is C8H10N2O2. The number of fused-ring (bicyclic) bond motifs is 1. The molecule has 1 aromatic rings. The number of rotatable bonds is 1. The zero-order chi connectivity index (χ0) is 8.55. The van der Waals surface area contributed by atoms with Crippen LogP contribution in [-0.2, 0) is 17.6 Å². The van der Waals surface area contributed by atoms with E-state index in [1.54, 1.807) is 6.33 Å². The van der Waals surface area contributed by atoms with E-state index < -0.39 is 5.97 Å². The minimum Gasteiger partial charge on any atom is -0.481 e. The monoisotopic (exact) mass is 166 g/mol. The van der Waals surface area contributed by atoms with Crippen LogP contribution in [0.4, 0.5) is 0 Å². The number of aliphatic carboxylic acids is 1. The lowest BCUT2D eigenvalue weighted by atomic mass is 9.90. The van der Waals surface area contributed by atoms with Crippen LogP contribution in [0.3, 0.4) is 0 Å². The van der Waals surface area contributed by atoms with Crippen LogP contribution in [0, 0.1) is 5.92 Å². The van der Waals surface area contributed by atoms with Gasteiger partial charge in [-0.2, -0.15) is 0 Å². The summed E-state index contributed by atoms with van der Waals surface area (Å²) in [7, 11) is 0. The number of aromatic amines is 1. The maximum Gasteiger partial charge on any atom is 0.306 e. The predicted molar refractivity (Wildman–Crippen MR) is 41.7 cm³/mol. The van der Waals surface area contributed by atoms with Crippen LogP contribution in [0.25, 0.3) is 0 Å². The fourth-order valence-corrected chi connectivity index (χ4v) is 1.61. The van der Waals surface area contributed by atoms with Gasteiger partial charge in [-0.1, -0.05) is 0 Å². The van der Waals surface area contributed by atoms with Gasteiger partial charge in [0.25, 0.3) is 0 Å². The van der Waals surface area contributed by atoms with Crippen LogP contribution in [0.5, 0.6) is 0 Å². The molecule has 0 amide bonds. The van der Waals surface area contributed by atoms with Crippen molar-refractivity contribution < 1.29 is 9.90 Å². The van der Waals surface area contributed by atoms with E-state index in [9.17, 15) is 4.79 Å². The third-order valence-electron chi connectivity index (χ3n) is 2.34. The molecule has 1 aliphatic carbocycles. The molecule has 1 aliphatic rings. The van der Waals surface area contributed by atoms with Gasteiger partial charge in [-0.3, -0.25) is 4.79 Å². The number of carboxylic acids is 1. The van der Waals surface area contributed by atoms with E-state index in [2.05, 4.69) is 9.97 Å². The summed E-state index contributed by atoms with van der Waals surface area (Å²) in [6.45, 7) is 0. The summed E-state index contributed by atoms with van der Waals surface area (Å²) >= 11 is 0. The first-order chi connectivity index (χ1) is 5.77. The summed E-state index contributed by atoms with van der Waals surface area (Å²) < 4.78 is 0. The van der Waals surface area contributed by atoms with Gasteiger partial charge in [0.15, 0.2) is 0 Å². The molecule has 1 heterocycles. The van der Waals surface area contributed by atoms with Gasteiger partial charge in [0, 0.05) is 12.1 Å². The highest BCUT2D eigenvalue weighted by Crippen LogP contribution is 2.22. The molecule has 0 aromatic carbocycles. The summed E-state index contributed by atoms with van der Waals surface area (Å²) in [5, 5.41) is 8.77. The Kier molecular flexibility index (Phi) is 1.60. The molecule has 0 aliphatic heterocycles. The average molecular weight is 166 g/mol. The first-order valence-corrected chi connectivity index (χ1v) is 4.01. The first kappa shape index (κ1) is 7.34. The number of H-pyrrole nitrogens is 1. The van der Waals surface area contributed by atoms with Crippen molar-refractivity contribution in [2.45, 2.75) is 19.3 Å². The average Bonchev–Trinajstić information content (AvgIpc) is 2.49. The van der Waals surface area contributed by atoms with Crippen LogP contribution in [0.15, 0.2) is 6.33 Å². The summed E-state index contributed by atoms with van der Waals surface area (Å²) in [6.07, 6.45) is 3.74. The fourth-order valence-electron chi connectivity index (χ4n) is 1.61. The normalized spacial score (nSPS) is 21.8. The first-order valence-electron chi connectivity index (χ1n) is 4.01. The van der Waals surface area contributed by atoms with Crippen molar-refractivity contribution in [2.75, 3.05) is 0 Å². The number of aromatic nitrogens is 2. The lowest BCUT2D eigenvalue weighted by Gasteiger charge is -2.16. The van der Waals surface area contributed by atoms with Crippen molar-refractivity contribution in [1.82, 2.24) is 9.97 Å². The van der Waals surface area contributed by atoms with Gasteiger partial charge < -0.3 is 10.1 Å². The Morgan fingerprint density at radius 3 is 3.33 bits per heavy atom. The highest BCUT2D eigenvalue weighted by atomic mass is 16.4. The lowest BCUT2D eigenvalue weighted by Crippen LogP contribution is -2.22. The van der Waals surface area contributed by atoms with E-state index in [0.29, 0.717) is 12.8 Å². The number of carbonyl (C=O) groups is 1.